The van der Waals surface area contributed by atoms with E-state index < -0.39 is 22.4 Å². The number of thioether (sulfide) groups is 1. The van der Waals surface area contributed by atoms with E-state index >= 15 is 0 Å². The summed E-state index contributed by atoms with van der Waals surface area (Å²) in [6, 6.07) is 14.3. The molecule has 2 aromatic carbocycles. The van der Waals surface area contributed by atoms with Crippen molar-refractivity contribution >= 4 is 45.1 Å². The molecule has 1 heterocycles. The zero-order chi connectivity index (χ0) is 22.4. The van der Waals surface area contributed by atoms with Crippen LogP contribution in [0.15, 0.2) is 53.4 Å². The number of nitrogens with zero attached hydrogens (tertiary/aromatic N) is 1. The van der Waals surface area contributed by atoms with Gasteiger partial charge in [0.05, 0.1) is 17.1 Å². The molecule has 1 atom stereocenters. The van der Waals surface area contributed by atoms with Crippen LogP contribution in [0.3, 0.4) is 0 Å². The van der Waals surface area contributed by atoms with Crippen LogP contribution in [-0.4, -0.2) is 55.9 Å². The number of carbonyl (C=O) groups excluding carboxylic acids is 2. The molecule has 6 nitrogen and oxygen atoms in total. The molecule has 1 aliphatic heterocycles. The number of likely N-dealkylation sites (N-methyl/N-ethyl adjacent to an activating group) is 1. The van der Waals surface area contributed by atoms with E-state index in [1.807, 2.05) is 36.4 Å². The van der Waals surface area contributed by atoms with Crippen LogP contribution in [0.1, 0.15) is 29.3 Å². The number of carbonyl (C=O) groups is 2. The highest BCUT2D eigenvalue weighted by Gasteiger charge is 2.34. The smallest absolute Gasteiger partial charge is 0.338 e. The molecule has 2 aromatic rings. The van der Waals surface area contributed by atoms with Crippen LogP contribution in [-0.2, 0) is 25.1 Å². The van der Waals surface area contributed by atoms with Crippen LogP contribution >= 0.6 is 23.4 Å². The molecule has 0 radical (unpaired) electrons. The molecule has 0 aliphatic carbocycles. The van der Waals surface area contributed by atoms with Gasteiger partial charge in [0.2, 0.25) is 0 Å². The molecule has 1 saturated heterocycles. The van der Waals surface area contributed by atoms with Crippen molar-refractivity contribution in [2.75, 3.05) is 24.7 Å². The summed E-state index contributed by atoms with van der Waals surface area (Å²) in [5, 5.41) is 0.695. The first-order valence-electron chi connectivity index (χ1n) is 9.91. The fourth-order valence-electron chi connectivity index (χ4n) is 3.39. The third kappa shape index (κ3) is 6.72. The van der Waals surface area contributed by atoms with E-state index in [1.54, 1.807) is 30.8 Å². The lowest BCUT2D eigenvalue weighted by Crippen LogP contribution is -2.43. The quantitative estimate of drug-likeness (QED) is 0.421. The van der Waals surface area contributed by atoms with Crippen LogP contribution in [0, 0.1) is 0 Å². The number of halogens is 1. The predicted octanol–water partition coefficient (Wildman–Crippen LogP) is 3.82. The molecule has 0 aromatic heterocycles. The number of ether oxygens (including phenoxy) is 1. The molecule has 1 amide bonds. The SMILES string of the molecule is CCN(C(=O)COC(=O)c1ccc(CSc2ccc(Cl)cc2)cc1)C1CCS(=O)(=O)C1. The normalized spacial score (nSPS) is 17.3. The first-order chi connectivity index (χ1) is 14.8. The Balaban J connectivity index is 1.49. The van der Waals surface area contributed by atoms with Crippen LogP contribution in [0.2, 0.25) is 5.02 Å². The summed E-state index contributed by atoms with van der Waals surface area (Å²) >= 11 is 7.55. The average molecular weight is 482 g/mol. The Morgan fingerprint density at radius 2 is 1.81 bits per heavy atom. The topological polar surface area (TPSA) is 80.8 Å². The second kappa shape index (κ2) is 10.5. The van der Waals surface area contributed by atoms with Crippen molar-refractivity contribution in [3.8, 4) is 0 Å². The second-order valence-corrected chi connectivity index (χ2v) is 11.0. The number of sulfone groups is 1. The first kappa shape index (κ1) is 23.6. The Labute approximate surface area is 191 Å². The van der Waals surface area contributed by atoms with Crippen molar-refractivity contribution in [3.05, 3.63) is 64.7 Å². The largest absolute Gasteiger partial charge is 0.452 e. The summed E-state index contributed by atoms with van der Waals surface area (Å²) in [6.45, 7) is 1.75. The molecule has 1 unspecified atom stereocenters. The van der Waals surface area contributed by atoms with Gasteiger partial charge in [0, 0.05) is 28.3 Å². The second-order valence-electron chi connectivity index (χ2n) is 7.25. The monoisotopic (exact) mass is 481 g/mol. The van der Waals surface area contributed by atoms with Gasteiger partial charge in [0.25, 0.3) is 5.91 Å². The van der Waals surface area contributed by atoms with E-state index in [2.05, 4.69) is 0 Å². The number of hydrogen-bond acceptors (Lipinski definition) is 6. The third-order valence-corrected chi connectivity index (χ3v) is 8.13. The summed E-state index contributed by atoms with van der Waals surface area (Å²) in [5.41, 5.74) is 1.41. The third-order valence-electron chi connectivity index (χ3n) is 5.05. The Morgan fingerprint density at radius 1 is 1.13 bits per heavy atom. The minimum Gasteiger partial charge on any atom is -0.452 e. The minimum absolute atomic E-state index is 0.0317. The van der Waals surface area contributed by atoms with Gasteiger partial charge in [-0.25, -0.2) is 13.2 Å². The van der Waals surface area contributed by atoms with Crippen LogP contribution in [0.5, 0.6) is 0 Å². The summed E-state index contributed by atoms with van der Waals surface area (Å²) in [5.74, 6) is -0.167. The van der Waals surface area contributed by atoms with Crippen molar-refractivity contribution in [3.63, 3.8) is 0 Å². The van der Waals surface area contributed by atoms with E-state index in [1.165, 1.54) is 4.90 Å². The van der Waals surface area contributed by atoms with Gasteiger partial charge in [0.1, 0.15) is 0 Å². The van der Waals surface area contributed by atoms with E-state index in [9.17, 15) is 18.0 Å². The molecular formula is C22H24ClNO5S2. The minimum atomic E-state index is -3.10. The van der Waals surface area contributed by atoms with Gasteiger partial charge in [0.15, 0.2) is 16.4 Å². The molecule has 1 aliphatic rings. The van der Waals surface area contributed by atoms with Crippen molar-refractivity contribution < 1.29 is 22.7 Å². The van der Waals surface area contributed by atoms with Gasteiger partial charge in [-0.3, -0.25) is 4.79 Å². The maximum Gasteiger partial charge on any atom is 0.338 e. The van der Waals surface area contributed by atoms with Crippen molar-refractivity contribution in [1.29, 1.82) is 0 Å². The maximum absolute atomic E-state index is 12.4. The van der Waals surface area contributed by atoms with Crippen molar-refractivity contribution in [1.82, 2.24) is 4.90 Å². The molecule has 0 spiro atoms. The fraction of sp³-hybridized carbons (Fsp3) is 0.364. The highest BCUT2D eigenvalue weighted by atomic mass is 35.5. The number of rotatable bonds is 8. The molecule has 166 valence electrons. The first-order valence-corrected chi connectivity index (χ1v) is 13.1. The molecule has 0 saturated carbocycles. The van der Waals surface area contributed by atoms with Gasteiger partial charge in [-0.05, 0) is 55.3 Å². The highest BCUT2D eigenvalue weighted by Crippen LogP contribution is 2.24. The number of amides is 1. The van der Waals surface area contributed by atoms with E-state index in [0.717, 1.165) is 16.2 Å². The highest BCUT2D eigenvalue weighted by molar-refractivity contribution is 7.98. The summed E-state index contributed by atoms with van der Waals surface area (Å²) in [7, 11) is -3.10. The molecule has 0 N–H and O–H groups in total. The molecule has 31 heavy (non-hydrogen) atoms. The Hall–Kier alpha value is -2.03. The van der Waals surface area contributed by atoms with Crippen molar-refractivity contribution in [2.24, 2.45) is 0 Å². The molecular weight excluding hydrogens is 458 g/mol. The molecule has 3 rings (SSSR count). The summed E-state index contributed by atoms with van der Waals surface area (Å²) < 4.78 is 28.5. The van der Waals surface area contributed by atoms with E-state index in [-0.39, 0.29) is 23.5 Å². The van der Waals surface area contributed by atoms with Gasteiger partial charge in [-0.15, -0.1) is 11.8 Å². The average Bonchev–Trinajstić information content (AvgIpc) is 3.11. The van der Waals surface area contributed by atoms with Gasteiger partial charge in [-0.2, -0.15) is 0 Å². The lowest BCUT2D eigenvalue weighted by Gasteiger charge is -2.26. The van der Waals surface area contributed by atoms with Crippen LogP contribution < -0.4 is 0 Å². The van der Waals surface area contributed by atoms with Crippen LogP contribution in [0.25, 0.3) is 0 Å². The number of hydrogen-bond donors (Lipinski definition) is 0. The Kier molecular flexibility index (Phi) is 8.02. The van der Waals surface area contributed by atoms with Gasteiger partial charge >= 0.3 is 5.97 Å². The zero-order valence-electron chi connectivity index (χ0n) is 17.1. The molecule has 0 bridgehead atoms. The van der Waals surface area contributed by atoms with Gasteiger partial charge in [-0.1, -0.05) is 23.7 Å². The summed E-state index contributed by atoms with van der Waals surface area (Å²) in [6.07, 6.45) is 0.422. The van der Waals surface area contributed by atoms with Crippen molar-refractivity contribution in [2.45, 2.75) is 30.0 Å². The number of esters is 1. The molecule has 1 fully saturated rings. The summed E-state index contributed by atoms with van der Waals surface area (Å²) in [4.78, 5) is 27.3. The number of benzene rings is 2. The Morgan fingerprint density at radius 3 is 2.39 bits per heavy atom. The lowest BCUT2D eigenvalue weighted by molar-refractivity contribution is -0.136. The Bertz CT molecular complexity index is 1020. The fourth-order valence-corrected chi connectivity index (χ4v) is 6.10. The molecule has 9 heteroatoms. The van der Waals surface area contributed by atoms with E-state index in [4.69, 9.17) is 16.3 Å². The maximum atomic E-state index is 12.4. The van der Waals surface area contributed by atoms with E-state index in [0.29, 0.717) is 23.6 Å². The standard InChI is InChI=1S/C22H24ClNO5S2/c1-2-24(19-11-12-31(27,28)15-19)21(25)13-29-22(26)17-5-3-16(4-6-17)14-30-20-9-7-18(23)8-10-20/h3-10,19H,2,11-15H2,1H3. The van der Waals surface area contributed by atoms with Crippen LogP contribution in [0.4, 0.5) is 0 Å². The lowest BCUT2D eigenvalue weighted by atomic mass is 10.1. The van der Waals surface area contributed by atoms with Gasteiger partial charge < -0.3 is 9.64 Å². The zero-order valence-corrected chi connectivity index (χ0v) is 19.5. The predicted molar refractivity (Wildman–Crippen MR) is 122 cm³/mol.